The molecule has 0 heterocycles. The third-order valence-corrected chi connectivity index (χ3v) is 4.03. The van der Waals surface area contributed by atoms with Gasteiger partial charge in [-0.15, -0.1) is 0 Å². The van der Waals surface area contributed by atoms with Gasteiger partial charge in [0.1, 0.15) is 0 Å². The van der Waals surface area contributed by atoms with E-state index in [-0.39, 0.29) is 11.8 Å². The molecule has 2 rings (SSSR count). The normalized spacial score (nSPS) is 17.2. The average molecular weight is 270 g/mol. The molecule has 0 spiro atoms. The second kappa shape index (κ2) is 6.69. The molecule has 2 N–H and O–H groups in total. The van der Waals surface area contributed by atoms with Crippen molar-refractivity contribution >= 4 is 0 Å². The van der Waals surface area contributed by atoms with Crippen LogP contribution in [0.25, 0.3) is 0 Å². The molecule has 0 aliphatic rings. The molecule has 2 heteroatoms. The monoisotopic (exact) mass is 270 g/mol. The Bertz CT molecular complexity index is 460. The number of hydrogen-bond donors (Lipinski definition) is 2. The molecule has 0 saturated heterocycles. The van der Waals surface area contributed by atoms with Crippen molar-refractivity contribution in [1.29, 1.82) is 0 Å². The molecule has 0 unspecified atom stereocenters. The van der Waals surface area contributed by atoms with Crippen LogP contribution in [0.3, 0.4) is 0 Å². The molecule has 0 aliphatic carbocycles. The largest absolute Gasteiger partial charge is 0.390 e. The summed E-state index contributed by atoms with van der Waals surface area (Å²) in [7, 11) is 0. The molecule has 2 aromatic rings. The third kappa shape index (κ3) is 3.27. The standard InChI is InChI=1S/C18H22O2/c1-13(15-9-5-3-6-10-15)17(19)18(20)14(2)16-11-7-4-8-12-16/h3-14,17-20H,1-2H3/t13-,14+,17-,18-/m1/s1. The Kier molecular flexibility index (Phi) is 4.94. The van der Waals surface area contributed by atoms with E-state index in [9.17, 15) is 10.2 Å². The highest BCUT2D eigenvalue weighted by atomic mass is 16.3. The summed E-state index contributed by atoms with van der Waals surface area (Å²) in [6, 6.07) is 19.6. The van der Waals surface area contributed by atoms with Gasteiger partial charge in [-0.25, -0.2) is 0 Å². The smallest absolute Gasteiger partial charge is 0.0870 e. The van der Waals surface area contributed by atoms with Crippen LogP contribution in [0.4, 0.5) is 0 Å². The van der Waals surface area contributed by atoms with E-state index in [1.165, 1.54) is 0 Å². The van der Waals surface area contributed by atoms with Crippen molar-refractivity contribution in [2.45, 2.75) is 37.9 Å². The summed E-state index contributed by atoms with van der Waals surface area (Å²) in [5, 5.41) is 20.8. The van der Waals surface area contributed by atoms with Gasteiger partial charge >= 0.3 is 0 Å². The average Bonchev–Trinajstić information content (AvgIpc) is 2.53. The maximum absolute atomic E-state index is 10.4. The molecule has 0 radical (unpaired) electrons. The van der Waals surface area contributed by atoms with Crippen molar-refractivity contribution in [3.8, 4) is 0 Å². The van der Waals surface area contributed by atoms with E-state index in [2.05, 4.69) is 0 Å². The van der Waals surface area contributed by atoms with Crippen LogP contribution in [0.2, 0.25) is 0 Å². The Morgan fingerprint density at radius 3 is 1.20 bits per heavy atom. The van der Waals surface area contributed by atoms with E-state index in [1.54, 1.807) is 0 Å². The lowest BCUT2D eigenvalue weighted by atomic mass is 9.84. The summed E-state index contributed by atoms with van der Waals surface area (Å²) in [5.41, 5.74) is 2.08. The van der Waals surface area contributed by atoms with Crippen molar-refractivity contribution in [1.82, 2.24) is 0 Å². The van der Waals surface area contributed by atoms with Crippen LogP contribution in [0.5, 0.6) is 0 Å². The van der Waals surface area contributed by atoms with Crippen molar-refractivity contribution in [3.05, 3.63) is 71.8 Å². The van der Waals surface area contributed by atoms with Gasteiger partial charge in [-0.05, 0) is 11.1 Å². The van der Waals surface area contributed by atoms with E-state index >= 15 is 0 Å². The fourth-order valence-corrected chi connectivity index (χ4v) is 2.50. The Balaban J connectivity index is 2.10. The molecule has 2 aromatic carbocycles. The van der Waals surface area contributed by atoms with Crippen LogP contribution >= 0.6 is 0 Å². The maximum atomic E-state index is 10.4. The molecule has 0 aromatic heterocycles. The highest BCUT2D eigenvalue weighted by molar-refractivity contribution is 5.23. The highest BCUT2D eigenvalue weighted by Gasteiger charge is 2.29. The molecule has 0 aliphatic heterocycles. The zero-order chi connectivity index (χ0) is 14.5. The van der Waals surface area contributed by atoms with Crippen LogP contribution in [-0.2, 0) is 0 Å². The van der Waals surface area contributed by atoms with Crippen molar-refractivity contribution in [2.24, 2.45) is 0 Å². The molecule has 106 valence electrons. The number of hydrogen-bond acceptors (Lipinski definition) is 2. The number of aliphatic hydroxyl groups is 2. The summed E-state index contributed by atoms with van der Waals surface area (Å²) in [5.74, 6) is -0.199. The van der Waals surface area contributed by atoms with E-state index in [0.29, 0.717) is 0 Å². The third-order valence-electron chi connectivity index (χ3n) is 4.03. The topological polar surface area (TPSA) is 40.5 Å². The molecular weight excluding hydrogens is 248 g/mol. The predicted octanol–water partition coefficient (Wildman–Crippen LogP) is 3.32. The fourth-order valence-electron chi connectivity index (χ4n) is 2.50. The SMILES string of the molecule is C[C@H](c1ccccc1)[C@@H](O)[C@H](O)[C@@H](C)c1ccccc1. The van der Waals surface area contributed by atoms with Gasteiger partial charge in [-0.2, -0.15) is 0 Å². The first kappa shape index (κ1) is 14.8. The zero-order valence-electron chi connectivity index (χ0n) is 12.0. The van der Waals surface area contributed by atoms with Crippen molar-refractivity contribution < 1.29 is 10.2 Å². The Morgan fingerprint density at radius 2 is 0.900 bits per heavy atom. The molecule has 0 bridgehead atoms. The van der Waals surface area contributed by atoms with Gasteiger partial charge in [0.25, 0.3) is 0 Å². The fraction of sp³-hybridized carbons (Fsp3) is 0.333. The Morgan fingerprint density at radius 1 is 0.600 bits per heavy atom. The van der Waals surface area contributed by atoms with Gasteiger partial charge in [-0.3, -0.25) is 0 Å². The molecule has 4 atom stereocenters. The minimum Gasteiger partial charge on any atom is -0.390 e. The first-order valence-corrected chi connectivity index (χ1v) is 7.07. The van der Waals surface area contributed by atoms with Gasteiger partial charge < -0.3 is 10.2 Å². The zero-order valence-corrected chi connectivity index (χ0v) is 12.0. The second-order valence-electron chi connectivity index (χ2n) is 5.38. The van der Waals surface area contributed by atoms with E-state index < -0.39 is 12.2 Å². The lowest BCUT2D eigenvalue weighted by molar-refractivity contribution is -0.00670. The molecule has 20 heavy (non-hydrogen) atoms. The van der Waals surface area contributed by atoms with Gasteiger partial charge in [0.2, 0.25) is 0 Å². The maximum Gasteiger partial charge on any atom is 0.0870 e. The quantitative estimate of drug-likeness (QED) is 0.875. The first-order valence-electron chi connectivity index (χ1n) is 7.07. The van der Waals surface area contributed by atoms with E-state index in [1.807, 2.05) is 74.5 Å². The molecule has 0 fully saturated rings. The Labute approximate surface area is 120 Å². The van der Waals surface area contributed by atoms with E-state index in [4.69, 9.17) is 0 Å². The van der Waals surface area contributed by atoms with Crippen LogP contribution in [-0.4, -0.2) is 22.4 Å². The van der Waals surface area contributed by atoms with Crippen molar-refractivity contribution in [3.63, 3.8) is 0 Å². The number of aliphatic hydroxyl groups excluding tert-OH is 2. The van der Waals surface area contributed by atoms with Gasteiger partial charge in [-0.1, -0.05) is 74.5 Å². The number of benzene rings is 2. The van der Waals surface area contributed by atoms with Crippen LogP contribution in [0.1, 0.15) is 36.8 Å². The van der Waals surface area contributed by atoms with Gasteiger partial charge in [0.15, 0.2) is 0 Å². The highest BCUT2D eigenvalue weighted by Crippen LogP contribution is 2.28. The van der Waals surface area contributed by atoms with Crippen LogP contribution < -0.4 is 0 Å². The molecular formula is C18H22O2. The molecule has 2 nitrogen and oxygen atoms in total. The molecule has 0 amide bonds. The van der Waals surface area contributed by atoms with Crippen LogP contribution in [0, 0.1) is 0 Å². The lowest BCUT2D eigenvalue weighted by Gasteiger charge is -2.28. The van der Waals surface area contributed by atoms with Crippen LogP contribution in [0.15, 0.2) is 60.7 Å². The summed E-state index contributed by atoms with van der Waals surface area (Å²) >= 11 is 0. The Hall–Kier alpha value is -1.64. The lowest BCUT2D eigenvalue weighted by Crippen LogP contribution is -2.34. The minimum atomic E-state index is -0.785. The summed E-state index contributed by atoms with van der Waals surface area (Å²) < 4.78 is 0. The molecule has 0 saturated carbocycles. The van der Waals surface area contributed by atoms with Gasteiger partial charge in [0.05, 0.1) is 12.2 Å². The second-order valence-corrected chi connectivity index (χ2v) is 5.38. The van der Waals surface area contributed by atoms with Crippen molar-refractivity contribution in [2.75, 3.05) is 0 Å². The predicted molar refractivity (Wildman–Crippen MR) is 81.7 cm³/mol. The summed E-state index contributed by atoms with van der Waals surface area (Å²) in [6.07, 6.45) is -1.57. The first-order chi connectivity index (χ1) is 9.61. The minimum absolute atomic E-state index is 0.0997. The van der Waals surface area contributed by atoms with E-state index in [0.717, 1.165) is 11.1 Å². The number of rotatable bonds is 5. The summed E-state index contributed by atoms with van der Waals surface area (Å²) in [4.78, 5) is 0. The van der Waals surface area contributed by atoms with Gasteiger partial charge in [0, 0.05) is 11.8 Å². The summed E-state index contributed by atoms with van der Waals surface area (Å²) in [6.45, 7) is 3.89.